The molecule has 0 aromatic heterocycles. The van der Waals surface area contributed by atoms with E-state index < -0.39 is 0 Å². The van der Waals surface area contributed by atoms with E-state index in [1.165, 1.54) is 5.56 Å². The largest absolute Gasteiger partial charge is 0.103 e. The van der Waals surface area contributed by atoms with Gasteiger partial charge in [0.25, 0.3) is 0 Å². The average Bonchev–Trinajstić information content (AvgIpc) is 2.04. The lowest BCUT2D eigenvalue weighted by molar-refractivity contribution is 0.725. The van der Waals surface area contributed by atoms with E-state index in [0.717, 1.165) is 11.4 Å². The van der Waals surface area contributed by atoms with Gasteiger partial charge < -0.3 is 0 Å². The first-order valence-corrected chi connectivity index (χ1v) is 4.47. The molecule has 0 saturated carbocycles. The Bertz CT molecular complexity index is 265. The quantitative estimate of drug-likeness (QED) is 0.623. The van der Waals surface area contributed by atoms with Crippen molar-refractivity contribution in [3.05, 3.63) is 47.5 Å². The molecular weight excluding hydrogens is 168 g/mol. The van der Waals surface area contributed by atoms with Gasteiger partial charge in [0.05, 0.1) is 0 Å². The van der Waals surface area contributed by atoms with Crippen LogP contribution < -0.4 is 0 Å². The van der Waals surface area contributed by atoms with Crippen LogP contribution in [0.25, 0.3) is 0 Å². The predicted molar refractivity (Wildman–Crippen MR) is 54.5 cm³/mol. The van der Waals surface area contributed by atoms with Gasteiger partial charge in [-0.05, 0) is 30.0 Å². The Morgan fingerprint density at radius 3 is 2.92 bits per heavy atom. The number of benzene rings is 1. The van der Waals surface area contributed by atoms with Crippen molar-refractivity contribution in [3.63, 3.8) is 0 Å². The smallest absolute Gasteiger partial charge is 0.0408 e. The first kappa shape index (κ1) is 9.34. The molecule has 0 spiro atoms. The van der Waals surface area contributed by atoms with Crippen LogP contribution in [0.2, 0.25) is 5.02 Å². The molecule has 0 radical (unpaired) electrons. The van der Waals surface area contributed by atoms with Crippen LogP contribution in [-0.4, -0.2) is 0 Å². The molecule has 0 nitrogen and oxygen atoms in total. The minimum atomic E-state index is 0.517. The fourth-order valence-electron chi connectivity index (χ4n) is 1.12. The van der Waals surface area contributed by atoms with Crippen LogP contribution in [0.4, 0.5) is 0 Å². The second kappa shape index (κ2) is 4.32. The highest BCUT2D eigenvalue weighted by atomic mass is 35.5. The van der Waals surface area contributed by atoms with Crippen LogP contribution in [0, 0.1) is 5.92 Å². The highest BCUT2D eigenvalue weighted by molar-refractivity contribution is 6.30. The van der Waals surface area contributed by atoms with Gasteiger partial charge in [0.2, 0.25) is 0 Å². The first-order chi connectivity index (χ1) is 5.72. The van der Waals surface area contributed by atoms with E-state index in [9.17, 15) is 0 Å². The highest BCUT2D eigenvalue weighted by Gasteiger charge is 1.98. The molecule has 1 aromatic rings. The van der Waals surface area contributed by atoms with Crippen LogP contribution in [0.15, 0.2) is 36.9 Å². The van der Waals surface area contributed by atoms with Crippen molar-refractivity contribution in [1.29, 1.82) is 0 Å². The zero-order valence-corrected chi connectivity index (χ0v) is 8.01. The Hall–Kier alpha value is -0.750. The summed E-state index contributed by atoms with van der Waals surface area (Å²) in [7, 11) is 0. The summed E-state index contributed by atoms with van der Waals surface area (Å²) >= 11 is 5.85. The van der Waals surface area contributed by atoms with E-state index in [0.29, 0.717) is 5.92 Å². The molecule has 0 amide bonds. The molecule has 0 aliphatic carbocycles. The average molecular weight is 181 g/mol. The van der Waals surface area contributed by atoms with Gasteiger partial charge in [-0.2, -0.15) is 0 Å². The van der Waals surface area contributed by atoms with Gasteiger partial charge in [0.15, 0.2) is 0 Å². The molecule has 0 aliphatic heterocycles. The van der Waals surface area contributed by atoms with Crippen molar-refractivity contribution in [1.82, 2.24) is 0 Å². The van der Waals surface area contributed by atoms with Crippen LogP contribution in [0.1, 0.15) is 12.5 Å². The fourth-order valence-corrected chi connectivity index (χ4v) is 1.33. The summed E-state index contributed by atoms with van der Waals surface area (Å²) in [6.45, 7) is 5.89. The van der Waals surface area contributed by atoms with Crippen LogP contribution >= 0.6 is 11.6 Å². The van der Waals surface area contributed by atoms with Crippen molar-refractivity contribution < 1.29 is 0 Å². The maximum atomic E-state index is 5.85. The number of allylic oxidation sites excluding steroid dienone is 1. The molecule has 12 heavy (non-hydrogen) atoms. The fraction of sp³-hybridized carbons (Fsp3) is 0.273. The third kappa shape index (κ3) is 2.71. The molecule has 0 N–H and O–H groups in total. The lowest BCUT2D eigenvalue weighted by Crippen LogP contribution is -1.94. The van der Waals surface area contributed by atoms with Crippen molar-refractivity contribution in [2.45, 2.75) is 13.3 Å². The van der Waals surface area contributed by atoms with Gasteiger partial charge >= 0.3 is 0 Å². The monoisotopic (exact) mass is 180 g/mol. The van der Waals surface area contributed by atoms with Crippen LogP contribution in [0.3, 0.4) is 0 Å². The first-order valence-electron chi connectivity index (χ1n) is 4.09. The molecule has 0 aliphatic rings. The summed E-state index contributed by atoms with van der Waals surface area (Å²) in [4.78, 5) is 0. The molecule has 1 rings (SSSR count). The second-order valence-corrected chi connectivity index (χ2v) is 3.48. The zero-order chi connectivity index (χ0) is 8.97. The van der Waals surface area contributed by atoms with Gasteiger partial charge in [-0.15, -0.1) is 6.58 Å². The summed E-state index contributed by atoms with van der Waals surface area (Å²) in [5.41, 5.74) is 1.27. The third-order valence-electron chi connectivity index (χ3n) is 1.85. The van der Waals surface area contributed by atoms with Crippen molar-refractivity contribution in [3.8, 4) is 0 Å². The number of rotatable bonds is 3. The SMILES string of the molecule is C=CC(C)Cc1cccc(Cl)c1. The maximum Gasteiger partial charge on any atom is 0.0408 e. The Morgan fingerprint density at radius 2 is 2.33 bits per heavy atom. The topological polar surface area (TPSA) is 0 Å². The number of hydrogen-bond donors (Lipinski definition) is 0. The molecule has 1 aromatic carbocycles. The van der Waals surface area contributed by atoms with Crippen molar-refractivity contribution >= 4 is 11.6 Å². The van der Waals surface area contributed by atoms with Gasteiger partial charge in [-0.1, -0.05) is 36.7 Å². The predicted octanol–water partition coefficient (Wildman–Crippen LogP) is 3.70. The lowest BCUT2D eigenvalue weighted by atomic mass is 10.0. The van der Waals surface area contributed by atoms with E-state index in [4.69, 9.17) is 11.6 Å². The summed E-state index contributed by atoms with van der Waals surface area (Å²) in [6, 6.07) is 7.96. The molecule has 1 atom stereocenters. The molecule has 0 heterocycles. The molecule has 0 bridgehead atoms. The minimum absolute atomic E-state index is 0.517. The van der Waals surface area contributed by atoms with E-state index in [2.05, 4.69) is 19.6 Å². The zero-order valence-electron chi connectivity index (χ0n) is 7.26. The van der Waals surface area contributed by atoms with Crippen LogP contribution in [-0.2, 0) is 6.42 Å². The number of halogens is 1. The molecule has 0 saturated heterocycles. The summed E-state index contributed by atoms with van der Waals surface area (Å²) in [5.74, 6) is 0.517. The van der Waals surface area contributed by atoms with Crippen LogP contribution in [0.5, 0.6) is 0 Å². The number of hydrogen-bond acceptors (Lipinski definition) is 0. The standard InChI is InChI=1S/C11H13Cl/c1-3-9(2)7-10-5-4-6-11(12)8-10/h3-6,8-9H,1,7H2,2H3. The van der Waals surface area contributed by atoms with Gasteiger partial charge in [-0.3, -0.25) is 0 Å². The molecule has 1 heteroatoms. The summed E-state index contributed by atoms with van der Waals surface area (Å²) in [6.07, 6.45) is 2.98. The van der Waals surface area contributed by atoms with E-state index >= 15 is 0 Å². The Balaban J connectivity index is 2.69. The molecule has 1 unspecified atom stereocenters. The molecule has 64 valence electrons. The second-order valence-electron chi connectivity index (χ2n) is 3.05. The maximum absolute atomic E-state index is 5.85. The van der Waals surface area contributed by atoms with Crippen molar-refractivity contribution in [2.24, 2.45) is 5.92 Å². The summed E-state index contributed by atoms with van der Waals surface area (Å²) < 4.78 is 0. The Morgan fingerprint density at radius 1 is 1.58 bits per heavy atom. The molecular formula is C11H13Cl. The third-order valence-corrected chi connectivity index (χ3v) is 2.08. The van der Waals surface area contributed by atoms with E-state index in [1.54, 1.807) is 0 Å². The van der Waals surface area contributed by atoms with Gasteiger partial charge in [0, 0.05) is 5.02 Å². The van der Waals surface area contributed by atoms with E-state index in [1.807, 2.05) is 24.3 Å². The Labute approximate surface area is 78.9 Å². The van der Waals surface area contributed by atoms with Gasteiger partial charge in [0.1, 0.15) is 0 Å². The summed E-state index contributed by atoms with van der Waals surface area (Å²) in [5, 5.41) is 0.809. The normalized spacial score (nSPS) is 12.5. The van der Waals surface area contributed by atoms with Gasteiger partial charge in [-0.25, -0.2) is 0 Å². The highest BCUT2D eigenvalue weighted by Crippen LogP contribution is 2.14. The van der Waals surface area contributed by atoms with Crippen molar-refractivity contribution in [2.75, 3.05) is 0 Å². The Kier molecular flexibility index (Phi) is 3.36. The molecule has 0 fully saturated rings. The lowest BCUT2D eigenvalue weighted by Gasteiger charge is -2.05. The minimum Gasteiger partial charge on any atom is -0.103 e. The van der Waals surface area contributed by atoms with E-state index in [-0.39, 0.29) is 0 Å².